The molecule has 0 aliphatic carbocycles. The van der Waals surface area contributed by atoms with E-state index < -0.39 is 0 Å². The van der Waals surface area contributed by atoms with Gasteiger partial charge in [-0.15, -0.1) is 0 Å². The van der Waals surface area contributed by atoms with Gasteiger partial charge >= 0.3 is 0 Å². The molecule has 0 saturated carbocycles. The maximum Gasteiger partial charge on any atom is 0.133 e. The molecule has 0 saturated heterocycles. The topological polar surface area (TPSA) is 50.2 Å². The number of carbonyl (C=O) groups is 1. The summed E-state index contributed by atoms with van der Waals surface area (Å²) < 4.78 is 0. The molecule has 0 aromatic carbocycles. The molecule has 0 aliphatic rings. The molecule has 0 aliphatic heterocycles. The van der Waals surface area contributed by atoms with Gasteiger partial charge in [-0.1, -0.05) is 0 Å². The van der Waals surface area contributed by atoms with Gasteiger partial charge in [0.2, 0.25) is 0 Å². The zero-order chi connectivity index (χ0) is 11.1. The first kappa shape index (κ1) is 11.9. The molecule has 1 aromatic heterocycles. The van der Waals surface area contributed by atoms with Crippen LogP contribution in [0.25, 0.3) is 0 Å². The van der Waals surface area contributed by atoms with Gasteiger partial charge < -0.3 is 5.11 Å². The number of carbonyl (C=O) groups excluding carboxylic acids is 1. The van der Waals surface area contributed by atoms with Crippen LogP contribution in [0.1, 0.15) is 25.3 Å². The first-order chi connectivity index (χ1) is 7.24. The molecule has 1 rings (SSSR count). The number of aryl methyl sites for hydroxylation is 1. The first-order valence-corrected chi connectivity index (χ1v) is 5.24. The van der Waals surface area contributed by atoms with Gasteiger partial charge in [-0.05, 0) is 43.9 Å². The minimum absolute atomic E-state index is 0.0110. The molecular formula is C12H17NO2. The van der Waals surface area contributed by atoms with Crippen LogP contribution in [0.2, 0.25) is 0 Å². The summed E-state index contributed by atoms with van der Waals surface area (Å²) in [6, 6.07) is 3.91. The molecule has 15 heavy (non-hydrogen) atoms. The number of pyridine rings is 1. The Kier molecular flexibility index (Phi) is 4.98. The molecule has 1 aromatic rings. The van der Waals surface area contributed by atoms with E-state index in [4.69, 9.17) is 5.11 Å². The Morgan fingerprint density at radius 2 is 2.07 bits per heavy atom. The summed E-state index contributed by atoms with van der Waals surface area (Å²) in [7, 11) is 0. The monoisotopic (exact) mass is 207 g/mol. The number of rotatable bonds is 6. The molecular weight excluding hydrogens is 190 g/mol. The van der Waals surface area contributed by atoms with Crippen molar-refractivity contribution in [3.63, 3.8) is 0 Å². The number of hydrogen-bond acceptors (Lipinski definition) is 3. The van der Waals surface area contributed by atoms with Crippen molar-refractivity contribution < 1.29 is 9.90 Å². The molecule has 0 bridgehead atoms. The average molecular weight is 207 g/mol. The predicted octanol–water partition coefficient (Wildman–Crippen LogP) is 1.60. The highest BCUT2D eigenvalue weighted by Gasteiger charge is 2.13. The number of hydrogen-bond donors (Lipinski definition) is 1. The van der Waals surface area contributed by atoms with Crippen LogP contribution in [0, 0.1) is 5.92 Å². The van der Waals surface area contributed by atoms with Crippen molar-refractivity contribution in [1.29, 1.82) is 0 Å². The average Bonchev–Trinajstić information content (AvgIpc) is 2.25. The van der Waals surface area contributed by atoms with Crippen molar-refractivity contribution in [1.82, 2.24) is 4.98 Å². The lowest BCUT2D eigenvalue weighted by atomic mass is 9.94. The summed E-state index contributed by atoms with van der Waals surface area (Å²) in [6.45, 7) is 1.67. The Labute approximate surface area is 90.2 Å². The smallest absolute Gasteiger partial charge is 0.133 e. The van der Waals surface area contributed by atoms with Crippen LogP contribution >= 0.6 is 0 Å². The van der Waals surface area contributed by atoms with Gasteiger partial charge in [-0.2, -0.15) is 0 Å². The summed E-state index contributed by atoms with van der Waals surface area (Å²) in [4.78, 5) is 15.2. The van der Waals surface area contributed by atoms with Crippen LogP contribution < -0.4 is 0 Å². The normalized spacial score (nSPS) is 12.4. The van der Waals surface area contributed by atoms with Crippen LogP contribution in [0.5, 0.6) is 0 Å². The fraction of sp³-hybridized carbons (Fsp3) is 0.500. The van der Waals surface area contributed by atoms with Crippen LogP contribution in [0.15, 0.2) is 24.5 Å². The largest absolute Gasteiger partial charge is 0.396 e. The molecule has 3 nitrogen and oxygen atoms in total. The Morgan fingerprint density at radius 3 is 2.60 bits per heavy atom. The van der Waals surface area contributed by atoms with Gasteiger partial charge in [-0.3, -0.25) is 9.78 Å². The van der Waals surface area contributed by atoms with Gasteiger partial charge in [-0.25, -0.2) is 0 Å². The summed E-state index contributed by atoms with van der Waals surface area (Å²) in [6.07, 6.45) is 5.75. The highest BCUT2D eigenvalue weighted by molar-refractivity contribution is 5.78. The van der Waals surface area contributed by atoms with Gasteiger partial charge in [0.1, 0.15) is 5.78 Å². The third-order valence-corrected chi connectivity index (χ3v) is 2.58. The van der Waals surface area contributed by atoms with Crippen molar-refractivity contribution in [3.05, 3.63) is 30.1 Å². The molecule has 0 amide bonds. The molecule has 1 heterocycles. The van der Waals surface area contributed by atoms with E-state index in [1.54, 1.807) is 19.3 Å². The van der Waals surface area contributed by atoms with Crippen LogP contribution in [0.4, 0.5) is 0 Å². The van der Waals surface area contributed by atoms with Crippen LogP contribution in [-0.2, 0) is 11.2 Å². The SMILES string of the molecule is CC(=O)C(CCO)CCc1ccncc1. The highest BCUT2D eigenvalue weighted by Crippen LogP contribution is 2.13. The second-order valence-electron chi connectivity index (χ2n) is 3.71. The molecule has 1 atom stereocenters. The van der Waals surface area contributed by atoms with E-state index in [0.29, 0.717) is 6.42 Å². The number of ketones is 1. The highest BCUT2D eigenvalue weighted by atomic mass is 16.3. The molecule has 1 N–H and O–H groups in total. The van der Waals surface area contributed by atoms with Crippen LogP contribution in [0.3, 0.4) is 0 Å². The summed E-state index contributed by atoms with van der Waals surface area (Å²) in [5, 5.41) is 8.82. The molecule has 82 valence electrons. The Bertz CT molecular complexity index is 298. The van der Waals surface area contributed by atoms with Gasteiger partial charge in [0, 0.05) is 24.9 Å². The Morgan fingerprint density at radius 1 is 1.40 bits per heavy atom. The van der Waals surface area contributed by atoms with Crippen molar-refractivity contribution in [2.45, 2.75) is 26.2 Å². The quantitative estimate of drug-likeness (QED) is 0.770. The lowest BCUT2D eigenvalue weighted by Gasteiger charge is -2.11. The standard InChI is InChI=1S/C12H17NO2/c1-10(15)12(6-9-14)3-2-11-4-7-13-8-5-11/h4-5,7-8,12,14H,2-3,6,9H2,1H3. The van der Waals surface area contributed by atoms with Gasteiger partial charge in [0.25, 0.3) is 0 Å². The fourth-order valence-electron chi connectivity index (χ4n) is 1.60. The second-order valence-corrected chi connectivity index (χ2v) is 3.71. The van der Waals surface area contributed by atoms with E-state index >= 15 is 0 Å². The first-order valence-electron chi connectivity index (χ1n) is 5.24. The maximum atomic E-state index is 11.2. The lowest BCUT2D eigenvalue weighted by molar-refractivity contribution is -0.121. The minimum Gasteiger partial charge on any atom is -0.396 e. The van der Waals surface area contributed by atoms with E-state index in [9.17, 15) is 4.79 Å². The molecule has 1 unspecified atom stereocenters. The molecule has 0 fully saturated rings. The third-order valence-electron chi connectivity index (χ3n) is 2.58. The van der Waals surface area contributed by atoms with Crippen molar-refractivity contribution in [2.24, 2.45) is 5.92 Å². The zero-order valence-corrected chi connectivity index (χ0v) is 9.02. The second kappa shape index (κ2) is 6.30. The molecule has 0 radical (unpaired) electrons. The number of Topliss-reactive ketones (excluding diaryl/α,β-unsaturated/α-hetero) is 1. The number of aromatic nitrogens is 1. The van der Waals surface area contributed by atoms with Crippen LogP contribution in [-0.4, -0.2) is 22.5 Å². The van der Waals surface area contributed by atoms with E-state index in [0.717, 1.165) is 12.8 Å². The maximum absolute atomic E-state index is 11.2. The van der Waals surface area contributed by atoms with E-state index in [1.165, 1.54) is 5.56 Å². The number of aliphatic hydroxyl groups is 1. The van der Waals surface area contributed by atoms with E-state index in [2.05, 4.69) is 4.98 Å². The van der Waals surface area contributed by atoms with Crippen molar-refractivity contribution in [3.8, 4) is 0 Å². The summed E-state index contributed by atoms with van der Waals surface area (Å²) >= 11 is 0. The Balaban J connectivity index is 2.43. The fourth-order valence-corrected chi connectivity index (χ4v) is 1.60. The van der Waals surface area contributed by atoms with E-state index in [-0.39, 0.29) is 18.3 Å². The number of nitrogens with zero attached hydrogens (tertiary/aromatic N) is 1. The Hall–Kier alpha value is -1.22. The van der Waals surface area contributed by atoms with Gasteiger partial charge in [0.15, 0.2) is 0 Å². The zero-order valence-electron chi connectivity index (χ0n) is 9.02. The summed E-state index contributed by atoms with van der Waals surface area (Å²) in [5.74, 6) is 0.154. The summed E-state index contributed by atoms with van der Waals surface area (Å²) in [5.41, 5.74) is 1.19. The minimum atomic E-state index is -0.0110. The predicted molar refractivity (Wildman–Crippen MR) is 58.4 cm³/mol. The van der Waals surface area contributed by atoms with Crippen molar-refractivity contribution in [2.75, 3.05) is 6.61 Å². The van der Waals surface area contributed by atoms with Gasteiger partial charge in [0.05, 0.1) is 0 Å². The number of aliphatic hydroxyl groups excluding tert-OH is 1. The molecule has 3 heteroatoms. The van der Waals surface area contributed by atoms with Crippen molar-refractivity contribution >= 4 is 5.78 Å². The third kappa shape index (κ3) is 4.21. The van der Waals surface area contributed by atoms with E-state index in [1.807, 2.05) is 12.1 Å². The lowest BCUT2D eigenvalue weighted by Crippen LogP contribution is -2.13. The molecule has 0 spiro atoms.